The molecule has 1 aromatic carbocycles. The van der Waals surface area contributed by atoms with Crippen molar-refractivity contribution >= 4 is 5.78 Å². The van der Waals surface area contributed by atoms with Crippen LogP contribution in [0.25, 0.3) is 0 Å². The number of aryl methyl sites for hydroxylation is 1. The Kier molecular flexibility index (Phi) is 2.05. The Labute approximate surface area is 77.5 Å². The van der Waals surface area contributed by atoms with E-state index in [-0.39, 0.29) is 11.9 Å². The number of carbonyl (C=O) groups is 1. The number of ether oxygens (including phenoxy) is 1. The van der Waals surface area contributed by atoms with Gasteiger partial charge in [0.1, 0.15) is 5.75 Å². The van der Waals surface area contributed by atoms with Gasteiger partial charge in [-0.25, -0.2) is 0 Å². The molecule has 0 N–H and O–H groups in total. The molecule has 0 heterocycles. The lowest BCUT2D eigenvalue weighted by molar-refractivity contribution is -0.133. The maximum absolute atomic E-state index is 11.0. The minimum absolute atomic E-state index is 0.180. The summed E-state index contributed by atoms with van der Waals surface area (Å²) in [5, 5.41) is 0. The molecule has 1 aliphatic carbocycles. The number of para-hydroxylation sites is 1. The third-order valence-corrected chi connectivity index (χ3v) is 2.37. The van der Waals surface area contributed by atoms with E-state index < -0.39 is 0 Å². The normalized spacial score (nSPS) is 21.0. The van der Waals surface area contributed by atoms with Crippen LogP contribution in [0, 0.1) is 6.92 Å². The van der Waals surface area contributed by atoms with Gasteiger partial charge in [0.25, 0.3) is 0 Å². The predicted octanol–water partition coefficient (Wildman–Crippen LogP) is 2.11. The summed E-state index contributed by atoms with van der Waals surface area (Å²) in [5.41, 5.74) is 1.09. The van der Waals surface area contributed by atoms with E-state index in [1.165, 1.54) is 0 Å². The number of benzene rings is 1. The van der Waals surface area contributed by atoms with Crippen molar-refractivity contribution < 1.29 is 9.53 Å². The largest absolute Gasteiger partial charge is 0.482 e. The summed E-state index contributed by atoms with van der Waals surface area (Å²) < 4.78 is 5.54. The van der Waals surface area contributed by atoms with Crippen LogP contribution in [0.1, 0.15) is 18.4 Å². The standard InChI is InChI=1S/C11H12O2/c1-8-4-2-3-5-10(8)13-11-7-6-9(11)12/h2-5,11H,6-7H2,1H3. The number of hydrogen-bond donors (Lipinski definition) is 0. The van der Waals surface area contributed by atoms with Gasteiger partial charge in [0.05, 0.1) is 0 Å². The first kappa shape index (κ1) is 8.30. The molecule has 68 valence electrons. The first-order valence-electron chi connectivity index (χ1n) is 4.52. The summed E-state index contributed by atoms with van der Waals surface area (Å²) >= 11 is 0. The van der Waals surface area contributed by atoms with E-state index in [0.717, 1.165) is 17.7 Å². The summed E-state index contributed by atoms with van der Waals surface area (Å²) in [7, 11) is 0. The van der Waals surface area contributed by atoms with Gasteiger partial charge in [-0.05, 0) is 25.0 Å². The van der Waals surface area contributed by atoms with E-state index in [0.29, 0.717) is 6.42 Å². The van der Waals surface area contributed by atoms with Crippen LogP contribution < -0.4 is 4.74 Å². The number of carbonyl (C=O) groups excluding carboxylic acids is 1. The number of ketones is 1. The van der Waals surface area contributed by atoms with Gasteiger partial charge in [-0.3, -0.25) is 4.79 Å². The van der Waals surface area contributed by atoms with Gasteiger partial charge >= 0.3 is 0 Å². The summed E-state index contributed by atoms with van der Waals surface area (Å²) in [5.74, 6) is 1.06. The summed E-state index contributed by atoms with van der Waals surface area (Å²) in [6.07, 6.45) is 1.37. The van der Waals surface area contributed by atoms with Gasteiger partial charge < -0.3 is 4.74 Å². The average molecular weight is 176 g/mol. The number of rotatable bonds is 2. The molecule has 1 atom stereocenters. The highest BCUT2D eigenvalue weighted by Gasteiger charge is 2.30. The molecule has 2 nitrogen and oxygen atoms in total. The van der Waals surface area contributed by atoms with Gasteiger partial charge in [-0.1, -0.05) is 18.2 Å². The van der Waals surface area contributed by atoms with Gasteiger partial charge in [-0.15, -0.1) is 0 Å². The Balaban J connectivity index is 2.09. The molecule has 13 heavy (non-hydrogen) atoms. The maximum Gasteiger partial charge on any atom is 0.173 e. The van der Waals surface area contributed by atoms with Crippen LogP contribution in [0.3, 0.4) is 0 Å². The van der Waals surface area contributed by atoms with Crippen LogP contribution in [0.5, 0.6) is 5.75 Å². The third-order valence-electron chi connectivity index (χ3n) is 2.37. The maximum atomic E-state index is 11.0. The van der Waals surface area contributed by atoms with Gasteiger partial charge in [0.2, 0.25) is 0 Å². The Bertz CT molecular complexity index is 331. The first-order valence-corrected chi connectivity index (χ1v) is 4.52. The number of hydrogen-bond acceptors (Lipinski definition) is 2. The minimum atomic E-state index is -0.180. The molecular formula is C11H12O2. The van der Waals surface area contributed by atoms with Crippen LogP contribution in [-0.2, 0) is 4.79 Å². The molecule has 0 bridgehead atoms. The average Bonchev–Trinajstić information content (AvgIpc) is 2.14. The molecule has 0 radical (unpaired) electrons. The predicted molar refractivity (Wildman–Crippen MR) is 49.8 cm³/mol. The van der Waals surface area contributed by atoms with E-state index in [1.807, 2.05) is 31.2 Å². The van der Waals surface area contributed by atoms with Crippen LogP contribution in [-0.4, -0.2) is 11.9 Å². The molecule has 2 rings (SSSR count). The minimum Gasteiger partial charge on any atom is -0.482 e. The fraction of sp³-hybridized carbons (Fsp3) is 0.364. The fourth-order valence-electron chi connectivity index (χ4n) is 1.35. The van der Waals surface area contributed by atoms with Gasteiger partial charge in [0, 0.05) is 6.42 Å². The third kappa shape index (κ3) is 1.57. The molecule has 1 fully saturated rings. The topological polar surface area (TPSA) is 26.3 Å². The Morgan fingerprint density at radius 1 is 1.38 bits per heavy atom. The van der Waals surface area contributed by atoms with Crippen molar-refractivity contribution in [3.8, 4) is 5.75 Å². The van der Waals surface area contributed by atoms with Crippen LogP contribution >= 0.6 is 0 Å². The molecule has 0 spiro atoms. The van der Waals surface area contributed by atoms with Gasteiger partial charge in [0.15, 0.2) is 11.9 Å². The molecule has 0 saturated heterocycles. The molecule has 2 heteroatoms. The smallest absolute Gasteiger partial charge is 0.173 e. The first-order chi connectivity index (χ1) is 6.27. The van der Waals surface area contributed by atoms with Crippen LogP contribution in [0.15, 0.2) is 24.3 Å². The lowest BCUT2D eigenvalue weighted by Gasteiger charge is -2.25. The molecule has 1 unspecified atom stereocenters. The Morgan fingerprint density at radius 3 is 2.69 bits per heavy atom. The molecular weight excluding hydrogens is 164 g/mol. The van der Waals surface area contributed by atoms with E-state index >= 15 is 0 Å². The summed E-state index contributed by atoms with van der Waals surface area (Å²) in [4.78, 5) is 11.0. The van der Waals surface area contributed by atoms with Crippen LogP contribution in [0.2, 0.25) is 0 Å². The highest BCUT2D eigenvalue weighted by Crippen LogP contribution is 2.24. The SMILES string of the molecule is Cc1ccccc1OC1CCC1=O. The quantitative estimate of drug-likeness (QED) is 0.689. The van der Waals surface area contributed by atoms with Crippen molar-refractivity contribution in [3.63, 3.8) is 0 Å². The zero-order chi connectivity index (χ0) is 9.26. The molecule has 0 aromatic heterocycles. The van der Waals surface area contributed by atoms with E-state index in [1.54, 1.807) is 0 Å². The Hall–Kier alpha value is -1.31. The van der Waals surface area contributed by atoms with Crippen molar-refractivity contribution in [2.24, 2.45) is 0 Å². The monoisotopic (exact) mass is 176 g/mol. The molecule has 0 aliphatic heterocycles. The van der Waals surface area contributed by atoms with Crippen molar-refractivity contribution in [2.45, 2.75) is 25.9 Å². The molecule has 1 aliphatic rings. The Morgan fingerprint density at radius 2 is 2.15 bits per heavy atom. The second-order valence-electron chi connectivity index (χ2n) is 3.38. The molecule has 1 aromatic rings. The van der Waals surface area contributed by atoms with Crippen molar-refractivity contribution in [1.29, 1.82) is 0 Å². The van der Waals surface area contributed by atoms with Crippen molar-refractivity contribution in [2.75, 3.05) is 0 Å². The number of Topliss-reactive ketones (excluding diaryl/α,β-unsaturated/α-hetero) is 1. The second-order valence-corrected chi connectivity index (χ2v) is 3.38. The summed E-state index contributed by atoms with van der Waals surface area (Å²) in [6, 6.07) is 7.77. The molecule has 1 saturated carbocycles. The second kappa shape index (κ2) is 3.21. The van der Waals surface area contributed by atoms with Crippen molar-refractivity contribution in [3.05, 3.63) is 29.8 Å². The fourth-order valence-corrected chi connectivity index (χ4v) is 1.35. The van der Waals surface area contributed by atoms with Crippen molar-refractivity contribution in [1.82, 2.24) is 0 Å². The highest BCUT2D eigenvalue weighted by molar-refractivity contribution is 5.88. The lowest BCUT2D eigenvalue weighted by atomic mass is 9.94. The zero-order valence-electron chi connectivity index (χ0n) is 7.62. The summed E-state index contributed by atoms with van der Waals surface area (Å²) in [6.45, 7) is 1.98. The lowest BCUT2D eigenvalue weighted by Crippen LogP contribution is -2.36. The highest BCUT2D eigenvalue weighted by atomic mass is 16.5. The van der Waals surface area contributed by atoms with Crippen LogP contribution in [0.4, 0.5) is 0 Å². The van der Waals surface area contributed by atoms with E-state index in [4.69, 9.17) is 4.74 Å². The molecule has 0 amide bonds. The van der Waals surface area contributed by atoms with E-state index in [9.17, 15) is 4.79 Å². The van der Waals surface area contributed by atoms with E-state index in [2.05, 4.69) is 0 Å². The van der Waals surface area contributed by atoms with Gasteiger partial charge in [-0.2, -0.15) is 0 Å². The zero-order valence-corrected chi connectivity index (χ0v) is 7.62.